The second kappa shape index (κ2) is 7.74. The minimum atomic E-state index is -4.73. The number of halogens is 5. The van der Waals surface area contributed by atoms with Gasteiger partial charge in [0.15, 0.2) is 11.5 Å². The summed E-state index contributed by atoms with van der Waals surface area (Å²) < 4.78 is 67.0. The van der Waals surface area contributed by atoms with E-state index in [4.69, 9.17) is 23.2 Å². The van der Waals surface area contributed by atoms with Crippen LogP contribution in [0.4, 0.5) is 19.0 Å². The molecule has 13 heteroatoms. The molecule has 0 N–H and O–H groups in total. The van der Waals surface area contributed by atoms with Gasteiger partial charge in [0, 0.05) is 18.8 Å². The summed E-state index contributed by atoms with van der Waals surface area (Å²) in [6, 6.07) is 4.03. The third kappa shape index (κ3) is 3.90. The highest BCUT2D eigenvalue weighted by molar-refractivity contribution is 7.90. The van der Waals surface area contributed by atoms with E-state index in [-0.39, 0.29) is 21.6 Å². The van der Waals surface area contributed by atoms with Crippen LogP contribution in [-0.2, 0) is 21.0 Å². The Morgan fingerprint density at radius 3 is 2.41 bits per heavy atom. The fourth-order valence-corrected chi connectivity index (χ4v) is 5.54. The largest absolute Gasteiger partial charge is 0.435 e. The van der Waals surface area contributed by atoms with E-state index in [0.29, 0.717) is 22.7 Å². The normalized spacial score (nSPS) is 21.2. The van der Waals surface area contributed by atoms with Crippen molar-refractivity contribution in [2.45, 2.75) is 37.2 Å². The van der Waals surface area contributed by atoms with Crippen molar-refractivity contribution >= 4 is 50.7 Å². The first-order chi connectivity index (χ1) is 14.8. The molecule has 2 atom stereocenters. The van der Waals surface area contributed by atoms with Crippen LogP contribution in [0.25, 0.3) is 0 Å². The minimum absolute atomic E-state index is 0.109. The summed E-state index contributed by atoms with van der Waals surface area (Å²) in [7, 11) is -2.73. The smallest absolute Gasteiger partial charge is 0.273 e. The first-order valence-corrected chi connectivity index (χ1v) is 11.8. The van der Waals surface area contributed by atoms with Gasteiger partial charge in [0.05, 0.1) is 21.3 Å². The molecule has 1 aromatic carbocycles. The Morgan fingerprint density at radius 2 is 1.84 bits per heavy atom. The van der Waals surface area contributed by atoms with Crippen molar-refractivity contribution < 1.29 is 26.4 Å². The maximum absolute atomic E-state index is 13.4. The van der Waals surface area contributed by atoms with Crippen LogP contribution in [0, 0.1) is 5.92 Å². The van der Waals surface area contributed by atoms with Gasteiger partial charge in [-0.3, -0.25) is 4.79 Å². The lowest BCUT2D eigenvalue weighted by Gasteiger charge is -2.33. The lowest BCUT2D eigenvalue weighted by atomic mass is 9.87. The fraction of sp³-hybridized carbons (Fsp3) is 0.421. The summed E-state index contributed by atoms with van der Waals surface area (Å²) in [6.07, 6.45) is -3.83. The van der Waals surface area contributed by atoms with Gasteiger partial charge in [-0.2, -0.15) is 18.3 Å². The molecule has 0 saturated heterocycles. The molecule has 172 valence electrons. The van der Waals surface area contributed by atoms with Crippen molar-refractivity contribution in [3.8, 4) is 0 Å². The van der Waals surface area contributed by atoms with Gasteiger partial charge in [0.1, 0.15) is 5.92 Å². The summed E-state index contributed by atoms with van der Waals surface area (Å²) in [6.45, 7) is 1.47. The first-order valence-electron chi connectivity index (χ1n) is 9.51. The molecule has 0 radical (unpaired) electrons. The number of fused-ring (bicyclic) bond motifs is 1. The van der Waals surface area contributed by atoms with Crippen molar-refractivity contribution in [1.29, 1.82) is 0 Å². The molecule has 0 spiro atoms. The van der Waals surface area contributed by atoms with E-state index in [1.807, 2.05) is 0 Å². The van der Waals surface area contributed by atoms with Gasteiger partial charge < -0.3 is 0 Å². The van der Waals surface area contributed by atoms with E-state index in [9.17, 15) is 26.4 Å². The van der Waals surface area contributed by atoms with E-state index in [1.165, 1.54) is 25.1 Å². The standard InChI is InChI=1S/C19H17Cl2F3N4O3S/c1-9-16(18(29)27(2)32(30,31)11-4-5-11)17(10-3-6-12(20)13(21)7-10)28-15(25-9)8-14(26-28)19(22,23)24/h3,6-8,11,16-17H,4-5H2,1-2H3. The molecule has 1 aliphatic carbocycles. The van der Waals surface area contributed by atoms with Gasteiger partial charge in [-0.25, -0.2) is 22.4 Å². The maximum Gasteiger partial charge on any atom is 0.435 e. The molecule has 4 rings (SSSR count). The summed E-state index contributed by atoms with van der Waals surface area (Å²) in [4.78, 5) is 17.5. The van der Waals surface area contributed by atoms with Crippen molar-refractivity contribution in [1.82, 2.24) is 14.1 Å². The summed E-state index contributed by atoms with van der Waals surface area (Å²) in [5, 5.41) is 3.35. The van der Waals surface area contributed by atoms with Crippen LogP contribution >= 0.6 is 23.2 Å². The average Bonchev–Trinajstić information content (AvgIpc) is 3.48. The molecule has 2 unspecified atom stereocenters. The molecule has 7 nitrogen and oxygen atoms in total. The van der Waals surface area contributed by atoms with Crippen LogP contribution in [0.2, 0.25) is 10.0 Å². The number of carbonyl (C=O) groups excluding carboxylic acids is 1. The molecule has 2 aromatic rings. The van der Waals surface area contributed by atoms with Gasteiger partial charge in [-0.05, 0) is 37.5 Å². The van der Waals surface area contributed by atoms with Crippen LogP contribution in [0.15, 0.2) is 29.3 Å². The first kappa shape index (κ1) is 23.1. The van der Waals surface area contributed by atoms with Crippen molar-refractivity contribution in [3.05, 3.63) is 45.6 Å². The molecule has 1 amide bonds. The number of benzene rings is 1. The number of sulfonamides is 1. The second-order valence-corrected chi connectivity index (χ2v) is 10.8. The molecule has 32 heavy (non-hydrogen) atoms. The number of alkyl halides is 3. The van der Waals surface area contributed by atoms with E-state index in [0.717, 1.165) is 17.8 Å². The van der Waals surface area contributed by atoms with Crippen LogP contribution in [0.5, 0.6) is 0 Å². The highest BCUT2D eigenvalue weighted by atomic mass is 35.5. The van der Waals surface area contributed by atoms with Crippen molar-refractivity contribution in [3.63, 3.8) is 0 Å². The predicted molar refractivity (Wildman–Crippen MR) is 113 cm³/mol. The topological polar surface area (TPSA) is 84.6 Å². The van der Waals surface area contributed by atoms with Gasteiger partial charge in [-0.1, -0.05) is 29.3 Å². The van der Waals surface area contributed by atoms with Crippen molar-refractivity contribution in [2.75, 3.05) is 7.05 Å². The Bertz CT molecular complexity index is 1240. The van der Waals surface area contributed by atoms with Crippen LogP contribution < -0.4 is 0 Å². The van der Waals surface area contributed by atoms with E-state index >= 15 is 0 Å². The molecule has 1 aliphatic heterocycles. The average molecular weight is 509 g/mol. The fourth-order valence-electron chi connectivity index (χ4n) is 3.69. The molecule has 1 saturated carbocycles. The Hall–Kier alpha value is -2.11. The SMILES string of the molecule is CC1=Nc2cc(C(F)(F)F)nn2C(c2ccc(Cl)c(Cl)c2)C1C(=O)N(C)S(=O)(=O)C1CC1. The lowest BCUT2D eigenvalue weighted by molar-refractivity contribution is -0.141. The predicted octanol–water partition coefficient (Wildman–Crippen LogP) is 4.47. The van der Waals surface area contributed by atoms with Crippen LogP contribution in [0.1, 0.15) is 37.1 Å². The lowest BCUT2D eigenvalue weighted by Crippen LogP contribution is -2.46. The third-order valence-corrected chi connectivity index (χ3v) is 8.51. The second-order valence-electron chi connectivity index (χ2n) is 7.73. The quantitative estimate of drug-likeness (QED) is 0.609. The molecule has 0 bridgehead atoms. The number of hydrogen-bond acceptors (Lipinski definition) is 5. The molecular formula is C19H17Cl2F3N4O3S. The van der Waals surface area contributed by atoms with Gasteiger partial charge in [-0.15, -0.1) is 0 Å². The van der Waals surface area contributed by atoms with E-state index in [1.54, 1.807) is 0 Å². The Balaban J connectivity index is 1.86. The molecule has 2 aliphatic rings. The number of carbonyl (C=O) groups is 1. The molecular weight excluding hydrogens is 492 g/mol. The molecule has 2 heterocycles. The number of hydrogen-bond donors (Lipinski definition) is 0. The van der Waals surface area contributed by atoms with Crippen LogP contribution in [-0.4, -0.2) is 46.4 Å². The minimum Gasteiger partial charge on any atom is -0.273 e. The number of rotatable bonds is 4. The van der Waals surface area contributed by atoms with E-state index in [2.05, 4.69) is 10.1 Å². The van der Waals surface area contributed by atoms with Gasteiger partial charge in [0.25, 0.3) is 0 Å². The maximum atomic E-state index is 13.4. The number of amides is 1. The Kier molecular flexibility index (Phi) is 5.58. The zero-order valence-corrected chi connectivity index (χ0v) is 19.1. The number of nitrogens with zero attached hydrogens (tertiary/aromatic N) is 4. The third-order valence-electron chi connectivity index (χ3n) is 5.52. The number of aliphatic imine (C=N–C) groups is 1. The van der Waals surface area contributed by atoms with Gasteiger partial charge >= 0.3 is 6.18 Å². The Labute approximate surface area is 191 Å². The van der Waals surface area contributed by atoms with E-state index < -0.39 is 45.0 Å². The van der Waals surface area contributed by atoms with Crippen molar-refractivity contribution in [2.24, 2.45) is 10.9 Å². The van der Waals surface area contributed by atoms with Crippen LogP contribution in [0.3, 0.4) is 0 Å². The van der Waals surface area contributed by atoms with Gasteiger partial charge in [0.2, 0.25) is 15.9 Å². The molecule has 1 aromatic heterocycles. The summed E-state index contributed by atoms with van der Waals surface area (Å²) in [5.41, 5.74) is -0.687. The zero-order chi connectivity index (χ0) is 23.6. The highest BCUT2D eigenvalue weighted by Crippen LogP contribution is 2.42. The monoisotopic (exact) mass is 508 g/mol. The zero-order valence-electron chi connectivity index (χ0n) is 16.8. The highest BCUT2D eigenvalue weighted by Gasteiger charge is 2.47. The summed E-state index contributed by atoms with van der Waals surface area (Å²) in [5.74, 6) is -2.15. The summed E-state index contributed by atoms with van der Waals surface area (Å²) >= 11 is 12.1. The number of aromatic nitrogens is 2. The Morgan fingerprint density at radius 1 is 1.19 bits per heavy atom. The molecule has 1 fully saturated rings.